The molecule has 1 aromatic rings. The minimum Gasteiger partial charge on any atom is -0.469 e. The molecule has 1 aliphatic heterocycles. The summed E-state index contributed by atoms with van der Waals surface area (Å²) in [5.74, 6) is 1.16. The molecular formula is C17H20O3. The van der Waals surface area contributed by atoms with E-state index in [1.807, 2.05) is 0 Å². The second kappa shape index (κ2) is 5.06. The fraction of sp³-hybridized carbons (Fsp3) is 0.471. The van der Waals surface area contributed by atoms with Crippen molar-refractivity contribution in [2.24, 2.45) is 5.92 Å². The van der Waals surface area contributed by atoms with Crippen LogP contribution in [0.4, 0.5) is 0 Å². The van der Waals surface area contributed by atoms with E-state index >= 15 is 0 Å². The van der Waals surface area contributed by atoms with Gasteiger partial charge in [0.1, 0.15) is 11.4 Å². The first kappa shape index (κ1) is 13.4. The number of ketones is 1. The van der Waals surface area contributed by atoms with Gasteiger partial charge < -0.3 is 9.47 Å². The Hall–Kier alpha value is -1.61. The van der Waals surface area contributed by atoms with Crippen LogP contribution in [0.15, 0.2) is 36.1 Å². The van der Waals surface area contributed by atoms with Crippen LogP contribution in [-0.2, 0) is 20.7 Å². The van der Waals surface area contributed by atoms with Gasteiger partial charge in [0.15, 0.2) is 12.6 Å². The largest absolute Gasteiger partial charge is 0.469 e. The summed E-state index contributed by atoms with van der Waals surface area (Å²) in [6.45, 7) is 4.53. The number of benzene rings is 1. The third-order valence-electron chi connectivity index (χ3n) is 4.44. The normalized spacial score (nSPS) is 26.7. The molecule has 20 heavy (non-hydrogen) atoms. The molecule has 0 spiro atoms. The smallest absolute Gasteiger partial charge is 0.189 e. The van der Waals surface area contributed by atoms with Crippen LogP contribution in [0.3, 0.4) is 0 Å². The van der Waals surface area contributed by atoms with Gasteiger partial charge in [-0.1, -0.05) is 36.8 Å². The number of carbonyl (C=O) groups is 1. The van der Waals surface area contributed by atoms with Gasteiger partial charge in [-0.25, -0.2) is 0 Å². The van der Waals surface area contributed by atoms with Crippen molar-refractivity contribution >= 4 is 5.78 Å². The summed E-state index contributed by atoms with van der Waals surface area (Å²) in [7, 11) is 0. The highest BCUT2D eigenvalue weighted by Gasteiger charge is 2.48. The molecule has 0 amide bonds. The summed E-state index contributed by atoms with van der Waals surface area (Å²) in [5, 5.41) is 0. The molecule has 0 aromatic heterocycles. The van der Waals surface area contributed by atoms with Gasteiger partial charge in [-0.05, 0) is 31.2 Å². The number of carbonyl (C=O) groups excluding carboxylic acids is 1. The second-order valence-electron chi connectivity index (χ2n) is 5.86. The number of allylic oxidation sites excluding steroid dienone is 1. The van der Waals surface area contributed by atoms with Gasteiger partial charge >= 0.3 is 0 Å². The van der Waals surface area contributed by atoms with Crippen LogP contribution < -0.4 is 0 Å². The Morgan fingerprint density at radius 3 is 2.80 bits per heavy atom. The highest BCUT2D eigenvalue weighted by Crippen LogP contribution is 2.43. The predicted molar refractivity (Wildman–Crippen MR) is 76.1 cm³/mol. The van der Waals surface area contributed by atoms with Gasteiger partial charge in [0.2, 0.25) is 0 Å². The summed E-state index contributed by atoms with van der Waals surface area (Å²) < 4.78 is 11.4. The van der Waals surface area contributed by atoms with Crippen molar-refractivity contribution in [1.29, 1.82) is 0 Å². The molecule has 3 nitrogen and oxygen atoms in total. The Bertz CT molecular complexity index is 544. The van der Waals surface area contributed by atoms with Crippen molar-refractivity contribution in [2.75, 3.05) is 6.79 Å². The van der Waals surface area contributed by atoms with Gasteiger partial charge in [-0.3, -0.25) is 4.79 Å². The summed E-state index contributed by atoms with van der Waals surface area (Å²) in [6.07, 6.45) is 3.83. The Balaban J connectivity index is 1.82. The van der Waals surface area contributed by atoms with Crippen LogP contribution >= 0.6 is 0 Å². The first-order valence-electron chi connectivity index (χ1n) is 7.17. The fourth-order valence-electron chi connectivity index (χ4n) is 3.15. The van der Waals surface area contributed by atoms with Crippen LogP contribution in [0.2, 0.25) is 0 Å². The number of hydrogen-bond donors (Lipinski definition) is 0. The zero-order valence-corrected chi connectivity index (χ0v) is 12.0. The van der Waals surface area contributed by atoms with Crippen LogP contribution in [0.1, 0.15) is 30.9 Å². The van der Waals surface area contributed by atoms with E-state index in [9.17, 15) is 4.79 Å². The lowest BCUT2D eigenvalue weighted by Crippen LogP contribution is -2.41. The van der Waals surface area contributed by atoms with Crippen LogP contribution in [0, 0.1) is 12.8 Å². The number of ether oxygens (including phenoxy) is 2. The SMILES string of the molecule is Cc1ccc(CC(C)[C@]23CCC(=O)C=C2OCO3)cc1. The van der Waals surface area contributed by atoms with E-state index in [2.05, 4.69) is 38.1 Å². The standard InChI is InChI=1S/C17H20O3/c1-12-3-5-14(6-4-12)9-13(2)17-8-7-15(18)10-16(17)19-11-20-17/h3-6,10,13H,7-9,11H2,1-2H3/t13?,17-/m1/s1. The Labute approximate surface area is 119 Å². The maximum absolute atomic E-state index is 11.6. The monoisotopic (exact) mass is 272 g/mol. The predicted octanol–water partition coefficient (Wildman–Crippen LogP) is 3.16. The molecule has 1 heterocycles. The average Bonchev–Trinajstić information content (AvgIpc) is 2.85. The fourth-order valence-corrected chi connectivity index (χ4v) is 3.15. The number of rotatable bonds is 3. The summed E-state index contributed by atoms with van der Waals surface area (Å²) >= 11 is 0. The van der Waals surface area contributed by atoms with E-state index in [1.165, 1.54) is 11.1 Å². The quantitative estimate of drug-likeness (QED) is 0.848. The third-order valence-corrected chi connectivity index (χ3v) is 4.44. The molecule has 1 unspecified atom stereocenters. The van der Waals surface area contributed by atoms with E-state index in [-0.39, 0.29) is 18.5 Å². The van der Waals surface area contributed by atoms with E-state index < -0.39 is 5.60 Å². The Kier molecular flexibility index (Phi) is 3.38. The molecule has 3 rings (SSSR count). The van der Waals surface area contributed by atoms with Crippen molar-refractivity contribution in [3.63, 3.8) is 0 Å². The van der Waals surface area contributed by atoms with E-state index in [0.717, 1.165) is 18.6 Å². The van der Waals surface area contributed by atoms with Gasteiger partial charge in [-0.2, -0.15) is 0 Å². The molecule has 1 fully saturated rings. The zero-order valence-electron chi connectivity index (χ0n) is 12.0. The van der Waals surface area contributed by atoms with Crippen molar-refractivity contribution in [2.45, 2.75) is 38.7 Å². The van der Waals surface area contributed by atoms with Crippen LogP contribution in [0.25, 0.3) is 0 Å². The van der Waals surface area contributed by atoms with Crippen LogP contribution in [0.5, 0.6) is 0 Å². The molecule has 3 heteroatoms. The van der Waals surface area contributed by atoms with Crippen molar-refractivity contribution in [3.8, 4) is 0 Å². The molecule has 0 N–H and O–H groups in total. The van der Waals surface area contributed by atoms with Crippen molar-refractivity contribution < 1.29 is 14.3 Å². The summed E-state index contributed by atoms with van der Waals surface area (Å²) in [4.78, 5) is 11.6. The topological polar surface area (TPSA) is 35.5 Å². The highest BCUT2D eigenvalue weighted by atomic mass is 16.7. The lowest BCUT2D eigenvalue weighted by atomic mass is 9.76. The summed E-state index contributed by atoms with van der Waals surface area (Å²) in [6, 6.07) is 8.59. The minimum absolute atomic E-state index is 0.142. The first-order chi connectivity index (χ1) is 9.60. The number of fused-ring (bicyclic) bond motifs is 1. The first-order valence-corrected chi connectivity index (χ1v) is 7.17. The van der Waals surface area contributed by atoms with E-state index in [4.69, 9.17) is 9.47 Å². The molecule has 0 saturated carbocycles. The summed E-state index contributed by atoms with van der Waals surface area (Å²) in [5.41, 5.74) is 2.16. The molecule has 0 radical (unpaired) electrons. The van der Waals surface area contributed by atoms with Gasteiger partial charge in [0, 0.05) is 12.5 Å². The molecule has 2 atom stereocenters. The second-order valence-corrected chi connectivity index (χ2v) is 5.86. The molecular weight excluding hydrogens is 252 g/mol. The molecule has 2 aliphatic rings. The molecule has 1 aromatic carbocycles. The van der Waals surface area contributed by atoms with Gasteiger partial charge in [0.05, 0.1) is 0 Å². The van der Waals surface area contributed by atoms with E-state index in [0.29, 0.717) is 6.42 Å². The molecule has 1 saturated heterocycles. The zero-order chi connectivity index (χ0) is 14.2. The highest BCUT2D eigenvalue weighted by molar-refractivity contribution is 5.91. The molecule has 0 bridgehead atoms. The maximum atomic E-state index is 11.6. The molecule has 1 aliphatic carbocycles. The minimum atomic E-state index is -0.404. The number of aryl methyl sites for hydroxylation is 1. The van der Waals surface area contributed by atoms with E-state index in [1.54, 1.807) is 6.08 Å². The average molecular weight is 272 g/mol. The number of hydrogen-bond acceptors (Lipinski definition) is 3. The van der Waals surface area contributed by atoms with Gasteiger partial charge in [-0.15, -0.1) is 0 Å². The van der Waals surface area contributed by atoms with Crippen molar-refractivity contribution in [1.82, 2.24) is 0 Å². The van der Waals surface area contributed by atoms with Gasteiger partial charge in [0.25, 0.3) is 0 Å². The third kappa shape index (κ3) is 2.27. The Morgan fingerprint density at radius 2 is 2.05 bits per heavy atom. The lowest BCUT2D eigenvalue weighted by molar-refractivity contribution is -0.117. The van der Waals surface area contributed by atoms with Crippen molar-refractivity contribution in [3.05, 3.63) is 47.2 Å². The molecule has 106 valence electrons. The van der Waals surface area contributed by atoms with Crippen LogP contribution in [-0.4, -0.2) is 18.2 Å². The maximum Gasteiger partial charge on any atom is 0.189 e. The Morgan fingerprint density at radius 1 is 1.30 bits per heavy atom. The lowest BCUT2D eigenvalue weighted by Gasteiger charge is -2.35.